The normalized spacial score (nSPS) is 10.5. The van der Waals surface area contributed by atoms with Crippen LogP contribution in [-0.4, -0.2) is 23.0 Å². The van der Waals surface area contributed by atoms with E-state index in [-0.39, 0.29) is 23.0 Å². The van der Waals surface area contributed by atoms with Crippen molar-refractivity contribution in [3.63, 3.8) is 0 Å². The zero-order valence-electron chi connectivity index (χ0n) is 18.4. The number of amides is 2. The summed E-state index contributed by atoms with van der Waals surface area (Å²) in [6.07, 6.45) is 0.0207. The van der Waals surface area contributed by atoms with E-state index in [2.05, 4.69) is 31.9 Å². The van der Waals surface area contributed by atoms with Gasteiger partial charge in [0.1, 0.15) is 5.75 Å². The van der Waals surface area contributed by atoms with Crippen molar-refractivity contribution >= 4 is 56.4 Å². The molecule has 0 fully saturated rings. The van der Waals surface area contributed by atoms with Crippen LogP contribution < -0.4 is 20.7 Å². The molecule has 3 rings (SSSR count). The average Bonchev–Trinajstić information content (AvgIpc) is 2.75. The second-order valence-corrected chi connectivity index (χ2v) is 8.89. The molecule has 0 saturated carbocycles. The van der Waals surface area contributed by atoms with Gasteiger partial charge in [-0.2, -0.15) is 0 Å². The van der Waals surface area contributed by atoms with Gasteiger partial charge in [0.05, 0.1) is 10.6 Å². The largest absolute Gasteiger partial charge is 0.490 e. The van der Waals surface area contributed by atoms with Crippen molar-refractivity contribution in [1.82, 2.24) is 5.32 Å². The summed E-state index contributed by atoms with van der Waals surface area (Å²) in [4.78, 5) is 25.2. The highest BCUT2D eigenvalue weighted by molar-refractivity contribution is 9.10. The third-order valence-electron chi connectivity index (χ3n) is 4.44. The Morgan fingerprint density at radius 1 is 0.879 bits per heavy atom. The second kappa shape index (κ2) is 11.1. The third kappa shape index (κ3) is 7.13. The number of hydrogen-bond acceptors (Lipinski definition) is 4. The van der Waals surface area contributed by atoms with Gasteiger partial charge in [0.25, 0.3) is 11.8 Å². The van der Waals surface area contributed by atoms with Gasteiger partial charge >= 0.3 is 0 Å². The lowest BCUT2D eigenvalue weighted by atomic mass is 10.1. The van der Waals surface area contributed by atoms with Crippen LogP contribution in [0, 0.1) is 6.92 Å². The molecule has 0 aliphatic heterocycles. The van der Waals surface area contributed by atoms with E-state index in [9.17, 15) is 9.59 Å². The Hall–Kier alpha value is -3.23. The van der Waals surface area contributed by atoms with Crippen LogP contribution in [0.1, 0.15) is 40.1 Å². The number of ether oxygens (including phenoxy) is 1. The molecule has 0 aliphatic carbocycles. The highest BCUT2D eigenvalue weighted by Gasteiger charge is 2.13. The number of hydrogen-bond donors (Lipinski definition) is 3. The molecule has 0 saturated heterocycles. The SMILES string of the molecule is Cc1cccc(NC(=O)c2cccc(NC(=S)NC(=O)c3ccc(OC(C)C)c(Br)c3)c2)c1. The number of halogens is 1. The van der Waals surface area contributed by atoms with Gasteiger partial charge in [0.15, 0.2) is 5.11 Å². The first-order chi connectivity index (χ1) is 15.7. The topological polar surface area (TPSA) is 79.5 Å². The van der Waals surface area contributed by atoms with Crippen LogP contribution >= 0.6 is 28.1 Å². The number of carbonyl (C=O) groups excluding carboxylic acids is 2. The van der Waals surface area contributed by atoms with Gasteiger partial charge in [0, 0.05) is 22.5 Å². The van der Waals surface area contributed by atoms with Crippen molar-refractivity contribution in [3.8, 4) is 5.75 Å². The minimum Gasteiger partial charge on any atom is -0.490 e. The first kappa shape index (κ1) is 24.4. The maximum Gasteiger partial charge on any atom is 0.257 e. The van der Waals surface area contributed by atoms with Crippen molar-refractivity contribution in [1.29, 1.82) is 0 Å². The molecule has 3 aromatic rings. The van der Waals surface area contributed by atoms with Gasteiger partial charge in [-0.05, 0) is 103 Å². The van der Waals surface area contributed by atoms with Crippen LogP contribution in [0.4, 0.5) is 11.4 Å². The fourth-order valence-corrected chi connectivity index (χ4v) is 3.68. The highest BCUT2D eigenvalue weighted by Crippen LogP contribution is 2.27. The maximum absolute atomic E-state index is 12.6. The van der Waals surface area contributed by atoms with Crippen molar-refractivity contribution in [2.45, 2.75) is 26.9 Å². The zero-order valence-corrected chi connectivity index (χ0v) is 20.8. The van der Waals surface area contributed by atoms with E-state index >= 15 is 0 Å². The number of benzene rings is 3. The van der Waals surface area contributed by atoms with E-state index in [0.717, 1.165) is 11.3 Å². The van der Waals surface area contributed by atoms with E-state index in [1.807, 2.05) is 45.0 Å². The van der Waals surface area contributed by atoms with Gasteiger partial charge in [-0.3, -0.25) is 14.9 Å². The summed E-state index contributed by atoms with van der Waals surface area (Å²) in [5.41, 5.74) is 3.24. The Labute approximate surface area is 206 Å². The van der Waals surface area contributed by atoms with Gasteiger partial charge in [-0.15, -0.1) is 0 Å². The minimum absolute atomic E-state index is 0.0207. The van der Waals surface area contributed by atoms with Gasteiger partial charge < -0.3 is 15.4 Å². The zero-order chi connectivity index (χ0) is 24.0. The fraction of sp³-hybridized carbons (Fsp3) is 0.160. The molecule has 0 radical (unpaired) electrons. The van der Waals surface area contributed by atoms with E-state index in [1.165, 1.54) is 0 Å². The Morgan fingerprint density at radius 2 is 1.55 bits per heavy atom. The number of carbonyl (C=O) groups is 2. The molecular formula is C25H24BrN3O3S. The number of aryl methyl sites for hydroxylation is 1. The lowest BCUT2D eigenvalue weighted by Gasteiger charge is -2.13. The predicted octanol–water partition coefficient (Wildman–Crippen LogP) is 5.92. The molecule has 0 unspecified atom stereocenters. The Balaban J connectivity index is 1.62. The summed E-state index contributed by atoms with van der Waals surface area (Å²) in [5.74, 6) is 0.0495. The van der Waals surface area contributed by atoms with Crippen molar-refractivity contribution in [3.05, 3.63) is 87.9 Å². The molecule has 6 nitrogen and oxygen atoms in total. The summed E-state index contributed by atoms with van der Waals surface area (Å²) >= 11 is 8.70. The van der Waals surface area contributed by atoms with Crippen molar-refractivity contribution in [2.75, 3.05) is 10.6 Å². The first-order valence-corrected chi connectivity index (χ1v) is 11.5. The Bertz CT molecular complexity index is 1200. The Morgan fingerprint density at radius 3 is 2.21 bits per heavy atom. The standard InChI is InChI=1S/C25H24BrN3O3S/c1-15(2)32-22-11-10-18(14-21(22)26)24(31)29-25(33)28-20-9-5-7-17(13-20)23(30)27-19-8-4-6-16(3)12-19/h4-15H,1-3H3,(H,27,30)(H2,28,29,31,33). The molecule has 3 N–H and O–H groups in total. The van der Waals surface area contributed by atoms with Crippen LogP contribution in [-0.2, 0) is 0 Å². The Kier molecular flexibility index (Phi) is 8.19. The van der Waals surface area contributed by atoms with E-state index in [4.69, 9.17) is 17.0 Å². The van der Waals surface area contributed by atoms with Crippen LogP contribution in [0.2, 0.25) is 0 Å². The maximum atomic E-state index is 12.6. The van der Waals surface area contributed by atoms with Crippen molar-refractivity contribution in [2.24, 2.45) is 0 Å². The monoisotopic (exact) mass is 525 g/mol. The quantitative estimate of drug-likeness (QED) is 0.348. The summed E-state index contributed by atoms with van der Waals surface area (Å²) in [6.45, 7) is 5.82. The molecule has 8 heteroatoms. The number of rotatable bonds is 6. The van der Waals surface area contributed by atoms with E-state index in [1.54, 1.807) is 42.5 Å². The van der Waals surface area contributed by atoms with Gasteiger partial charge in [-0.25, -0.2) is 0 Å². The van der Waals surface area contributed by atoms with Crippen LogP contribution in [0.25, 0.3) is 0 Å². The summed E-state index contributed by atoms with van der Waals surface area (Å²) in [6, 6.07) is 19.5. The molecule has 0 heterocycles. The average molecular weight is 526 g/mol. The molecule has 170 valence electrons. The van der Waals surface area contributed by atoms with Crippen LogP contribution in [0.15, 0.2) is 71.2 Å². The smallest absolute Gasteiger partial charge is 0.257 e. The van der Waals surface area contributed by atoms with E-state index < -0.39 is 0 Å². The van der Waals surface area contributed by atoms with Gasteiger partial charge in [-0.1, -0.05) is 18.2 Å². The minimum atomic E-state index is -0.363. The molecule has 0 aliphatic rings. The van der Waals surface area contributed by atoms with E-state index in [0.29, 0.717) is 27.0 Å². The summed E-state index contributed by atoms with van der Waals surface area (Å²) in [5, 5.41) is 8.58. The van der Waals surface area contributed by atoms with Gasteiger partial charge in [0.2, 0.25) is 0 Å². The van der Waals surface area contributed by atoms with Crippen LogP contribution in [0.3, 0.4) is 0 Å². The summed E-state index contributed by atoms with van der Waals surface area (Å²) < 4.78 is 6.34. The molecule has 3 aromatic carbocycles. The summed E-state index contributed by atoms with van der Waals surface area (Å²) in [7, 11) is 0. The molecule has 0 aromatic heterocycles. The molecule has 33 heavy (non-hydrogen) atoms. The first-order valence-electron chi connectivity index (χ1n) is 10.3. The predicted molar refractivity (Wildman–Crippen MR) is 139 cm³/mol. The molecule has 2 amide bonds. The fourth-order valence-electron chi connectivity index (χ4n) is 2.99. The number of anilines is 2. The molecule has 0 atom stereocenters. The molecule has 0 spiro atoms. The highest BCUT2D eigenvalue weighted by atomic mass is 79.9. The molecule has 0 bridgehead atoms. The second-order valence-electron chi connectivity index (χ2n) is 7.62. The lowest BCUT2D eigenvalue weighted by molar-refractivity contribution is 0.0976. The number of nitrogens with one attached hydrogen (secondary N) is 3. The number of thiocarbonyl (C=S) groups is 1. The molecular weight excluding hydrogens is 502 g/mol. The third-order valence-corrected chi connectivity index (χ3v) is 5.27. The van der Waals surface area contributed by atoms with Crippen molar-refractivity contribution < 1.29 is 14.3 Å². The van der Waals surface area contributed by atoms with Crippen LogP contribution in [0.5, 0.6) is 5.75 Å². The lowest BCUT2D eigenvalue weighted by Crippen LogP contribution is -2.34.